The van der Waals surface area contributed by atoms with E-state index in [0.29, 0.717) is 9.59 Å². The third kappa shape index (κ3) is 4.62. The van der Waals surface area contributed by atoms with E-state index in [9.17, 15) is 31.9 Å². The molecule has 0 saturated carbocycles. The number of rotatable bonds is 6. The van der Waals surface area contributed by atoms with Crippen molar-refractivity contribution < 1.29 is 27.1 Å². The normalized spacial score (nSPS) is 13.2. The van der Waals surface area contributed by atoms with Crippen molar-refractivity contribution in [2.75, 3.05) is 0 Å². The van der Waals surface area contributed by atoms with E-state index in [-0.39, 0.29) is 17.2 Å². The zero-order valence-corrected chi connectivity index (χ0v) is 15.0. The summed E-state index contributed by atoms with van der Waals surface area (Å²) in [6.07, 6.45) is -10.7. The zero-order chi connectivity index (χ0) is 21.3. The minimum atomic E-state index is -4.96. The van der Waals surface area contributed by atoms with Crippen molar-refractivity contribution in [3.63, 3.8) is 0 Å². The fraction of sp³-hybridized carbons (Fsp3) is 0.333. The number of halogens is 6. The Balaban J connectivity index is 2.02. The van der Waals surface area contributed by atoms with E-state index in [2.05, 4.69) is 20.3 Å². The lowest BCUT2D eigenvalue weighted by Gasteiger charge is -2.15. The number of benzene rings is 1. The minimum absolute atomic E-state index is 0.147. The number of hydrogen-bond donors (Lipinski definition) is 2. The van der Waals surface area contributed by atoms with Crippen LogP contribution in [0.15, 0.2) is 29.1 Å². The van der Waals surface area contributed by atoms with Crippen molar-refractivity contribution in [3.8, 4) is 11.4 Å². The Morgan fingerprint density at radius 2 is 1.86 bits per heavy atom. The van der Waals surface area contributed by atoms with Crippen molar-refractivity contribution in [1.82, 2.24) is 29.5 Å². The lowest BCUT2D eigenvalue weighted by atomic mass is 10.2. The maximum atomic E-state index is 12.8. The Hall–Kier alpha value is -2.80. The highest BCUT2D eigenvalue weighted by Gasteiger charge is 2.39. The van der Waals surface area contributed by atoms with Gasteiger partial charge >= 0.3 is 11.9 Å². The molecule has 8 nitrogen and oxygen atoms in total. The SMILES string of the molecule is O=c1n(Cc2nc(C(F)F)n[nH]2)nc(-c2ccc(Cl)cc2)n1CC(O)C(F)(F)F. The molecule has 0 aliphatic heterocycles. The van der Waals surface area contributed by atoms with Crippen LogP contribution in [-0.4, -0.2) is 46.9 Å². The summed E-state index contributed by atoms with van der Waals surface area (Å²) in [6, 6.07) is 5.73. The predicted octanol–water partition coefficient (Wildman–Crippen LogP) is 2.39. The summed E-state index contributed by atoms with van der Waals surface area (Å²) >= 11 is 5.79. The van der Waals surface area contributed by atoms with Crippen LogP contribution >= 0.6 is 11.6 Å². The van der Waals surface area contributed by atoms with Gasteiger partial charge in [0.05, 0.1) is 6.54 Å². The van der Waals surface area contributed by atoms with E-state index in [1.165, 1.54) is 24.3 Å². The monoisotopic (exact) mass is 438 g/mol. The van der Waals surface area contributed by atoms with Gasteiger partial charge in [-0.2, -0.15) is 18.3 Å². The number of alkyl halides is 5. The molecule has 2 N–H and O–H groups in total. The highest BCUT2D eigenvalue weighted by atomic mass is 35.5. The summed E-state index contributed by atoms with van der Waals surface area (Å²) in [5, 5.41) is 19.2. The summed E-state index contributed by atoms with van der Waals surface area (Å²) in [5.41, 5.74) is -0.751. The molecule has 2 heterocycles. The number of aliphatic hydroxyl groups excluding tert-OH is 1. The Morgan fingerprint density at radius 3 is 2.41 bits per heavy atom. The van der Waals surface area contributed by atoms with Gasteiger partial charge in [0.2, 0.25) is 5.82 Å². The molecule has 14 heteroatoms. The molecule has 3 aromatic rings. The predicted molar refractivity (Wildman–Crippen MR) is 89.4 cm³/mol. The number of nitrogens with zero attached hydrogens (tertiary/aromatic N) is 5. The van der Waals surface area contributed by atoms with Gasteiger partial charge in [-0.15, -0.1) is 5.10 Å². The molecule has 0 saturated heterocycles. The zero-order valence-electron chi connectivity index (χ0n) is 14.2. The van der Waals surface area contributed by atoms with Crippen molar-refractivity contribution >= 4 is 11.6 Å². The quantitative estimate of drug-likeness (QED) is 0.575. The molecule has 0 fully saturated rings. The molecule has 0 aliphatic carbocycles. The number of H-pyrrole nitrogens is 1. The molecule has 156 valence electrons. The van der Waals surface area contributed by atoms with Crippen LogP contribution in [0.25, 0.3) is 11.4 Å². The largest absolute Gasteiger partial charge is 0.416 e. The smallest absolute Gasteiger partial charge is 0.382 e. The third-order valence-electron chi connectivity index (χ3n) is 3.80. The molecular weight excluding hydrogens is 427 g/mol. The Kier molecular flexibility index (Phi) is 5.71. The number of aromatic amines is 1. The molecule has 1 unspecified atom stereocenters. The van der Waals surface area contributed by atoms with Crippen LogP contribution in [0.1, 0.15) is 18.1 Å². The summed E-state index contributed by atoms with van der Waals surface area (Å²) < 4.78 is 64.9. The van der Waals surface area contributed by atoms with E-state index in [0.717, 1.165) is 4.68 Å². The summed E-state index contributed by atoms with van der Waals surface area (Å²) in [5.74, 6) is -1.12. The first-order chi connectivity index (χ1) is 13.6. The average Bonchev–Trinajstić information content (AvgIpc) is 3.22. The molecule has 1 atom stereocenters. The molecule has 0 amide bonds. The Bertz CT molecular complexity index is 1040. The molecule has 2 aromatic heterocycles. The van der Waals surface area contributed by atoms with Gasteiger partial charge in [-0.25, -0.2) is 23.2 Å². The Labute approximate surface area is 163 Å². The first-order valence-corrected chi connectivity index (χ1v) is 8.31. The van der Waals surface area contributed by atoms with Crippen molar-refractivity contribution in [1.29, 1.82) is 0 Å². The van der Waals surface area contributed by atoms with Crippen LogP contribution in [-0.2, 0) is 13.1 Å². The van der Waals surface area contributed by atoms with E-state index in [1.807, 2.05) is 0 Å². The van der Waals surface area contributed by atoms with E-state index in [1.54, 1.807) is 0 Å². The molecular formula is C15H12ClF5N6O2. The van der Waals surface area contributed by atoms with Crippen LogP contribution in [0, 0.1) is 0 Å². The molecule has 0 radical (unpaired) electrons. The highest BCUT2D eigenvalue weighted by molar-refractivity contribution is 6.30. The standard InChI is InChI=1S/C15H12ClF5N6O2/c16-8-3-1-7(2-4-8)13-25-27(6-10-22-12(11(17)18)24-23-10)14(29)26(13)5-9(28)15(19,20)21/h1-4,9,11,28H,5-6H2,(H,22,23,24). The molecule has 29 heavy (non-hydrogen) atoms. The van der Waals surface area contributed by atoms with Crippen LogP contribution < -0.4 is 5.69 Å². The number of hydrogen-bond acceptors (Lipinski definition) is 5. The fourth-order valence-electron chi connectivity index (χ4n) is 2.42. The minimum Gasteiger partial charge on any atom is -0.382 e. The average molecular weight is 439 g/mol. The lowest BCUT2D eigenvalue weighted by molar-refractivity contribution is -0.207. The van der Waals surface area contributed by atoms with Crippen LogP contribution in [0.5, 0.6) is 0 Å². The van der Waals surface area contributed by atoms with Crippen LogP contribution in [0.4, 0.5) is 22.0 Å². The van der Waals surface area contributed by atoms with Gasteiger partial charge < -0.3 is 5.11 Å². The summed E-state index contributed by atoms with van der Waals surface area (Å²) in [6.45, 7) is -1.56. The van der Waals surface area contributed by atoms with Crippen LogP contribution in [0.2, 0.25) is 5.02 Å². The molecule has 3 rings (SSSR count). The van der Waals surface area contributed by atoms with Gasteiger partial charge in [0.1, 0.15) is 12.4 Å². The van der Waals surface area contributed by atoms with Crippen molar-refractivity contribution in [3.05, 3.63) is 51.4 Å². The maximum Gasteiger partial charge on any atom is 0.416 e. The van der Waals surface area contributed by atoms with E-state index >= 15 is 0 Å². The molecule has 0 bridgehead atoms. The number of aromatic nitrogens is 6. The van der Waals surface area contributed by atoms with Gasteiger partial charge in [-0.05, 0) is 24.3 Å². The van der Waals surface area contributed by atoms with Crippen molar-refractivity contribution in [2.45, 2.75) is 31.8 Å². The van der Waals surface area contributed by atoms with E-state index in [4.69, 9.17) is 11.6 Å². The highest BCUT2D eigenvalue weighted by Crippen LogP contribution is 2.24. The van der Waals surface area contributed by atoms with E-state index < -0.39 is 43.3 Å². The van der Waals surface area contributed by atoms with Crippen molar-refractivity contribution in [2.24, 2.45) is 0 Å². The van der Waals surface area contributed by atoms with Crippen LogP contribution in [0.3, 0.4) is 0 Å². The number of aliphatic hydroxyl groups is 1. The van der Waals surface area contributed by atoms with Gasteiger partial charge in [0, 0.05) is 10.6 Å². The first kappa shape index (κ1) is 20.9. The van der Waals surface area contributed by atoms with Gasteiger partial charge in [0.25, 0.3) is 6.43 Å². The van der Waals surface area contributed by atoms with Gasteiger partial charge in [-0.3, -0.25) is 9.67 Å². The Morgan fingerprint density at radius 1 is 1.21 bits per heavy atom. The second-order valence-corrected chi connectivity index (χ2v) is 6.32. The fourth-order valence-corrected chi connectivity index (χ4v) is 2.54. The first-order valence-electron chi connectivity index (χ1n) is 7.94. The molecule has 1 aromatic carbocycles. The van der Waals surface area contributed by atoms with Gasteiger partial charge in [0.15, 0.2) is 11.9 Å². The second-order valence-electron chi connectivity index (χ2n) is 5.88. The molecule has 0 aliphatic rings. The summed E-state index contributed by atoms with van der Waals surface area (Å²) in [4.78, 5) is 16.1. The van der Waals surface area contributed by atoms with Gasteiger partial charge in [-0.1, -0.05) is 11.6 Å². The lowest BCUT2D eigenvalue weighted by Crippen LogP contribution is -2.37. The number of nitrogens with one attached hydrogen (secondary N) is 1. The second kappa shape index (κ2) is 7.91. The summed E-state index contributed by atoms with van der Waals surface area (Å²) in [7, 11) is 0. The maximum absolute atomic E-state index is 12.8. The topological polar surface area (TPSA) is 102 Å². The third-order valence-corrected chi connectivity index (χ3v) is 4.05. The molecule has 0 spiro atoms.